The molecule has 1 heterocycles. The molecule has 1 aliphatic heterocycles. The van der Waals surface area contributed by atoms with Gasteiger partial charge in [0.05, 0.1) is 6.04 Å². The molecule has 2 rings (SSSR count). The van der Waals surface area contributed by atoms with E-state index in [2.05, 4.69) is 10.6 Å². The number of amides is 1. The molecule has 2 N–H and O–H groups in total. The molecule has 1 aliphatic rings. The third-order valence-corrected chi connectivity index (χ3v) is 3.09. The van der Waals surface area contributed by atoms with Crippen LogP contribution in [0.1, 0.15) is 24.8 Å². The lowest BCUT2D eigenvalue weighted by Gasteiger charge is -2.22. The highest BCUT2D eigenvalue weighted by Crippen LogP contribution is 2.10. The number of hydrogen-bond donors (Lipinski definition) is 2. The number of carbonyl (C=O) groups is 1. The lowest BCUT2D eigenvalue weighted by molar-refractivity contribution is -0.123. The Balaban J connectivity index is 0.00000180. The van der Waals surface area contributed by atoms with Crippen molar-refractivity contribution in [1.82, 2.24) is 10.6 Å². The summed E-state index contributed by atoms with van der Waals surface area (Å²) < 4.78 is 26.0. The van der Waals surface area contributed by atoms with E-state index < -0.39 is 11.6 Å². The lowest BCUT2D eigenvalue weighted by atomic mass is 10.0. The number of carbonyl (C=O) groups excluding carboxylic acids is 1. The zero-order valence-corrected chi connectivity index (χ0v) is 11.2. The van der Waals surface area contributed by atoms with E-state index in [0.29, 0.717) is 5.56 Å². The van der Waals surface area contributed by atoms with E-state index in [4.69, 9.17) is 0 Å². The van der Waals surface area contributed by atoms with Gasteiger partial charge in [0.25, 0.3) is 0 Å². The average molecular weight is 291 g/mol. The molecule has 0 unspecified atom stereocenters. The van der Waals surface area contributed by atoms with Gasteiger partial charge in [-0.05, 0) is 25.5 Å². The second-order valence-corrected chi connectivity index (χ2v) is 4.46. The van der Waals surface area contributed by atoms with Crippen LogP contribution in [0.2, 0.25) is 0 Å². The monoisotopic (exact) mass is 290 g/mol. The van der Waals surface area contributed by atoms with Gasteiger partial charge in [-0.25, -0.2) is 8.78 Å². The van der Waals surface area contributed by atoms with Crippen LogP contribution in [0.15, 0.2) is 18.2 Å². The summed E-state index contributed by atoms with van der Waals surface area (Å²) >= 11 is 0. The largest absolute Gasteiger partial charge is 0.351 e. The molecule has 106 valence electrons. The number of rotatable bonds is 3. The van der Waals surface area contributed by atoms with Crippen LogP contribution in [0.25, 0.3) is 0 Å². The van der Waals surface area contributed by atoms with E-state index in [1.165, 1.54) is 12.1 Å². The van der Waals surface area contributed by atoms with E-state index >= 15 is 0 Å². The Hall–Kier alpha value is -1.20. The maximum Gasteiger partial charge on any atom is 0.237 e. The smallest absolute Gasteiger partial charge is 0.237 e. The minimum Gasteiger partial charge on any atom is -0.351 e. The summed E-state index contributed by atoms with van der Waals surface area (Å²) in [5.74, 6) is -1.37. The predicted molar refractivity (Wildman–Crippen MR) is 71.1 cm³/mol. The molecule has 1 amide bonds. The number of piperidine rings is 1. The lowest BCUT2D eigenvalue weighted by Crippen LogP contribution is -2.46. The van der Waals surface area contributed by atoms with E-state index in [-0.39, 0.29) is 30.9 Å². The van der Waals surface area contributed by atoms with E-state index in [0.717, 1.165) is 31.9 Å². The molecule has 0 bridgehead atoms. The fraction of sp³-hybridized carbons (Fsp3) is 0.462. The Bertz CT molecular complexity index is 437. The zero-order chi connectivity index (χ0) is 13.0. The number of nitrogens with one attached hydrogen (secondary N) is 2. The van der Waals surface area contributed by atoms with Crippen LogP contribution in [-0.2, 0) is 11.3 Å². The van der Waals surface area contributed by atoms with Crippen LogP contribution in [0.4, 0.5) is 8.78 Å². The molecular weight excluding hydrogens is 274 g/mol. The van der Waals surface area contributed by atoms with Gasteiger partial charge in [-0.15, -0.1) is 12.4 Å². The van der Waals surface area contributed by atoms with E-state index in [1.807, 2.05) is 0 Å². The Morgan fingerprint density at radius 2 is 2.16 bits per heavy atom. The molecule has 1 saturated heterocycles. The summed E-state index contributed by atoms with van der Waals surface area (Å²) in [5.41, 5.74) is 0.292. The first-order valence-corrected chi connectivity index (χ1v) is 6.12. The maximum atomic E-state index is 13.3. The van der Waals surface area contributed by atoms with Crippen molar-refractivity contribution in [1.29, 1.82) is 0 Å². The second kappa shape index (κ2) is 7.40. The molecule has 0 saturated carbocycles. The third kappa shape index (κ3) is 4.44. The van der Waals surface area contributed by atoms with Crippen molar-refractivity contribution < 1.29 is 13.6 Å². The Morgan fingerprint density at radius 1 is 1.37 bits per heavy atom. The fourth-order valence-electron chi connectivity index (χ4n) is 2.05. The summed E-state index contributed by atoms with van der Waals surface area (Å²) in [6, 6.07) is 3.16. The van der Waals surface area contributed by atoms with Gasteiger partial charge >= 0.3 is 0 Å². The quantitative estimate of drug-likeness (QED) is 0.895. The fourth-order valence-corrected chi connectivity index (χ4v) is 2.05. The van der Waals surface area contributed by atoms with Crippen LogP contribution >= 0.6 is 12.4 Å². The van der Waals surface area contributed by atoms with Crippen LogP contribution in [0.5, 0.6) is 0 Å². The van der Waals surface area contributed by atoms with Gasteiger partial charge in [-0.2, -0.15) is 0 Å². The Labute approximate surface area is 117 Å². The van der Waals surface area contributed by atoms with Crippen molar-refractivity contribution in [3.63, 3.8) is 0 Å². The summed E-state index contributed by atoms with van der Waals surface area (Å²) in [4.78, 5) is 11.8. The molecule has 0 radical (unpaired) electrons. The van der Waals surface area contributed by atoms with Gasteiger partial charge in [-0.3, -0.25) is 4.79 Å². The topological polar surface area (TPSA) is 41.1 Å². The van der Waals surface area contributed by atoms with Gasteiger partial charge in [0.1, 0.15) is 11.6 Å². The average Bonchev–Trinajstić information content (AvgIpc) is 2.38. The van der Waals surface area contributed by atoms with Crippen molar-refractivity contribution in [2.24, 2.45) is 0 Å². The highest BCUT2D eigenvalue weighted by atomic mass is 35.5. The number of hydrogen-bond acceptors (Lipinski definition) is 2. The molecule has 1 aromatic carbocycles. The summed E-state index contributed by atoms with van der Waals surface area (Å²) in [7, 11) is 0. The minimum atomic E-state index is -0.632. The molecule has 0 aliphatic carbocycles. The van der Waals surface area contributed by atoms with Gasteiger partial charge < -0.3 is 10.6 Å². The molecule has 1 atom stereocenters. The van der Waals surface area contributed by atoms with Crippen LogP contribution in [0, 0.1) is 11.6 Å². The first kappa shape index (κ1) is 15.9. The summed E-state index contributed by atoms with van der Waals surface area (Å²) in [5, 5.41) is 5.78. The SMILES string of the molecule is Cl.O=C(NCc1ccc(F)cc1F)[C@H]1CCCCN1. The molecule has 19 heavy (non-hydrogen) atoms. The third-order valence-electron chi connectivity index (χ3n) is 3.09. The van der Waals surface area contributed by atoms with Crippen LogP contribution < -0.4 is 10.6 Å². The maximum absolute atomic E-state index is 13.3. The highest BCUT2D eigenvalue weighted by Gasteiger charge is 2.20. The molecule has 1 fully saturated rings. The molecule has 3 nitrogen and oxygen atoms in total. The molecule has 0 spiro atoms. The molecular formula is C13H17ClF2N2O. The molecule has 6 heteroatoms. The Kier molecular flexibility index (Phi) is 6.18. The molecule has 0 aromatic heterocycles. The van der Waals surface area contributed by atoms with Crippen molar-refractivity contribution in [2.75, 3.05) is 6.54 Å². The van der Waals surface area contributed by atoms with Gasteiger partial charge in [-0.1, -0.05) is 12.5 Å². The van der Waals surface area contributed by atoms with Gasteiger partial charge in [0.15, 0.2) is 0 Å². The van der Waals surface area contributed by atoms with Crippen LogP contribution in [0.3, 0.4) is 0 Å². The predicted octanol–water partition coefficient (Wildman–Crippen LogP) is 2.14. The first-order valence-electron chi connectivity index (χ1n) is 6.12. The zero-order valence-electron chi connectivity index (χ0n) is 10.4. The number of benzene rings is 1. The van der Waals surface area contributed by atoms with Gasteiger partial charge in [0.2, 0.25) is 5.91 Å². The normalized spacial score (nSPS) is 18.5. The Morgan fingerprint density at radius 3 is 2.79 bits per heavy atom. The van der Waals surface area contributed by atoms with E-state index in [9.17, 15) is 13.6 Å². The van der Waals surface area contributed by atoms with Crippen LogP contribution in [-0.4, -0.2) is 18.5 Å². The van der Waals surface area contributed by atoms with Crippen molar-refractivity contribution in [3.8, 4) is 0 Å². The molecule has 1 aromatic rings. The summed E-state index contributed by atoms with van der Waals surface area (Å²) in [6.07, 6.45) is 2.91. The second-order valence-electron chi connectivity index (χ2n) is 4.46. The highest BCUT2D eigenvalue weighted by molar-refractivity contribution is 5.85. The summed E-state index contributed by atoms with van der Waals surface area (Å²) in [6.45, 7) is 0.923. The van der Waals surface area contributed by atoms with E-state index in [1.54, 1.807) is 0 Å². The van der Waals surface area contributed by atoms with Gasteiger partial charge in [0, 0.05) is 18.2 Å². The van der Waals surface area contributed by atoms with Crippen molar-refractivity contribution in [3.05, 3.63) is 35.4 Å². The number of halogens is 3. The first-order chi connectivity index (χ1) is 8.66. The standard InChI is InChI=1S/C13H16F2N2O.ClH/c14-10-5-4-9(11(15)7-10)8-17-13(18)12-3-1-2-6-16-12;/h4-5,7,12,16H,1-3,6,8H2,(H,17,18);1H/t12-;/m1./s1. The van der Waals surface area contributed by atoms with Crippen molar-refractivity contribution in [2.45, 2.75) is 31.8 Å². The minimum absolute atomic E-state index is 0. The van der Waals surface area contributed by atoms with Crippen molar-refractivity contribution >= 4 is 18.3 Å².